The first-order chi connectivity index (χ1) is 7.45. The minimum Gasteiger partial charge on any atom is -0.366 e. The Kier molecular flexibility index (Phi) is 4.18. The molecule has 1 saturated carbocycles. The van der Waals surface area contributed by atoms with Crippen LogP contribution in [-0.4, -0.2) is 30.8 Å². The third-order valence-electron chi connectivity index (χ3n) is 3.03. The highest BCUT2D eigenvalue weighted by Crippen LogP contribution is 2.44. The van der Waals surface area contributed by atoms with Crippen molar-refractivity contribution in [3.63, 3.8) is 0 Å². The average molecular weight is 239 g/mol. The fourth-order valence-electron chi connectivity index (χ4n) is 2.13. The van der Waals surface area contributed by atoms with Crippen LogP contribution in [0.25, 0.3) is 0 Å². The molecule has 0 aliphatic heterocycles. The van der Waals surface area contributed by atoms with E-state index in [0.717, 1.165) is 0 Å². The number of alkyl halides is 3. The highest BCUT2D eigenvalue weighted by molar-refractivity contribution is 5.46. The van der Waals surface area contributed by atoms with Gasteiger partial charge in [-0.25, -0.2) is 0 Å². The van der Waals surface area contributed by atoms with E-state index >= 15 is 0 Å². The fourth-order valence-corrected chi connectivity index (χ4v) is 2.13. The molecule has 1 aliphatic rings. The molecule has 0 aromatic carbocycles. The number of amides is 1. The van der Waals surface area contributed by atoms with Crippen molar-refractivity contribution in [1.29, 1.82) is 0 Å². The third-order valence-corrected chi connectivity index (χ3v) is 3.03. The second-order valence-electron chi connectivity index (χ2n) is 3.98. The zero-order chi connectivity index (χ0) is 12.2. The number of halogens is 3. The molecule has 3 nitrogen and oxygen atoms in total. The Morgan fingerprint density at radius 1 is 1.44 bits per heavy atom. The molecule has 0 spiro atoms. The maximum Gasteiger partial charge on any atom is 0.417 e. The molecule has 0 unspecified atom stereocenters. The van der Waals surface area contributed by atoms with Gasteiger partial charge in [0.15, 0.2) is 5.60 Å². The minimum atomic E-state index is -4.34. The van der Waals surface area contributed by atoms with E-state index in [1.807, 2.05) is 0 Å². The van der Waals surface area contributed by atoms with E-state index in [2.05, 4.69) is 5.32 Å². The van der Waals surface area contributed by atoms with Crippen molar-refractivity contribution >= 4 is 6.41 Å². The minimum absolute atomic E-state index is 0.0469. The van der Waals surface area contributed by atoms with E-state index in [4.69, 9.17) is 4.74 Å². The summed E-state index contributed by atoms with van der Waals surface area (Å²) in [6, 6.07) is -0.159. The van der Waals surface area contributed by atoms with Crippen molar-refractivity contribution in [2.45, 2.75) is 50.4 Å². The van der Waals surface area contributed by atoms with Crippen molar-refractivity contribution in [2.75, 3.05) is 6.61 Å². The lowest BCUT2D eigenvalue weighted by molar-refractivity contribution is -0.287. The molecule has 1 amide bonds. The Bertz CT molecular complexity index is 235. The van der Waals surface area contributed by atoms with E-state index < -0.39 is 11.8 Å². The van der Waals surface area contributed by atoms with Crippen LogP contribution in [0.5, 0.6) is 0 Å². The number of hydrogen-bond donors (Lipinski definition) is 1. The summed E-state index contributed by atoms with van der Waals surface area (Å²) in [5.41, 5.74) is -2.01. The summed E-state index contributed by atoms with van der Waals surface area (Å²) in [5, 5.41) is 2.51. The largest absolute Gasteiger partial charge is 0.417 e. The molecule has 1 N–H and O–H groups in total. The van der Waals surface area contributed by atoms with Gasteiger partial charge in [-0.1, -0.05) is 0 Å². The van der Waals surface area contributed by atoms with Crippen LogP contribution in [0.4, 0.5) is 13.2 Å². The molecule has 0 atom stereocenters. The second kappa shape index (κ2) is 5.03. The molecule has 0 aromatic rings. The zero-order valence-electron chi connectivity index (χ0n) is 9.14. The van der Waals surface area contributed by atoms with E-state index in [1.54, 1.807) is 6.92 Å². The molecule has 1 rings (SSSR count). The molecule has 0 aromatic heterocycles. The number of carbonyl (C=O) groups excluding carboxylic acids is 1. The van der Waals surface area contributed by atoms with Crippen LogP contribution in [0.1, 0.15) is 32.6 Å². The quantitative estimate of drug-likeness (QED) is 0.762. The van der Waals surface area contributed by atoms with Crippen molar-refractivity contribution in [3.8, 4) is 0 Å². The summed E-state index contributed by atoms with van der Waals surface area (Å²) in [7, 11) is 0. The molecule has 0 bridgehead atoms. The van der Waals surface area contributed by atoms with Crippen LogP contribution in [0.15, 0.2) is 0 Å². The van der Waals surface area contributed by atoms with Crippen molar-refractivity contribution in [1.82, 2.24) is 5.32 Å². The lowest BCUT2D eigenvalue weighted by Gasteiger charge is -2.40. The van der Waals surface area contributed by atoms with Gasteiger partial charge in [0.05, 0.1) is 0 Å². The van der Waals surface area contributed by atoms with Crippen LogP contribution in [0.3, 0.4) is 0 Å². The molecule has 0 heterocycles. The molecule has 0 saturated heterocycles. The maximum absolute atomic E-state index is 12.9. The second-order valence-corrected chi connectivity index (χ2v) is 3.98. The normalized spacial score (nSPS) is 31.1. The molecule has 1 fully saturated rings. The Morgan fingerprint density at radius 2 is 2.00 bits per heavy atom. The van der Waals surface area contributed by atoms with Crippen molar-refractivity contribution < 1.29 is 22.7 Å². The van der Waals surface area contributed by atoms with Gasteiger partial charge in [-0.05, 0) is 32.6 Å². The number of nitrogens with one attached hydrogen (secondary N) is 1. The lowest BCUT2D eigenvalue weighted by atomic mass is 9.81. The Balaban J connectivity index is 2.66. The molecular weight excluding hydrogens is 223 g/mol. The van der Waals surface area contributed by atoms with E-state index in [0.29, 0.717) is 19.3 Å². The van der Waals surface area contributed by atoms with Crippen LogP contribution in [0, 0.1) is 0 Å². The predicted molar refractivity (Wildman–Crippen MR) is 51.9 cm³/mol. The summed E-state index contributed by atoms with van der Waals surface area (Å²) in [6.45, 7) is 1.61. The summed E-state index contributed by atoms with van der Waals surface area (Å²) < 4.78 is 43.6. The summed E-state index contributed by atoms with van der Waals surface area (Å²) in [6.07, 6.45) is -3.37. The van der Waals surface area contributed by atoms with Gasteiger partial charge >= 0.3 is 6.18 Å². The van der Waals surface area contributed by atoms with Gasteiger partial charge in [0.25, 0.3) is 0 Å². The Labute approximate surface area is 92.3 Å². The SMILES string of the molecule is CCOC1(C(F)(F)F)CCC(NC=O)CC1. The average Bonchev–Trinajstić information content (AvgIpc) is 2.20. The molecule has 94 valence electrons. The maximum atomic E-state index is 12.9. The lowest BCUT2D eigenvalue weighted by Crippen LogP contribution is -2.52. The third kappa shape index (κ3) is 2.66. The monoisotopic (exact) mass is 239 g/mol. The van der Waals surface area contributed by atoms with E-state index in [-0.39, 0.29) is 25.5 Å². The van der Waals surface area contributed by atoms with Crippen LogP contribution in [0.2, 0.25) is 0 Å². The van der Waals surface area contributed by atoms with Crippen LogP contribution in [-0.2, 0) is 9.53 Å². The smallest absolute Gasteiger partial charge is 0.366 e. The zero-order valence-corrected chi connectivity index (χ0v) is 9.14. The molecular formula is C10H16F3NO2. The Hall–Kier alpha value is -0.780. The summed E-state index contributed by atoms with van der Waals surface area (Å²) in [5.74, 6) is 0. The Morgan fingerprint density at radius 3 is 2.38 bits per heavy atom. The van der Waals surface area contributed by atoms with Gasteiger partial charge in [0.2, 0.25) is 6.41 Å². The van der Waals surface area contributed by atoms with Gasteiger partial charge in [0, 0.05) is 12.6 Å². The molecule has 16 heavy (non-hydrogen) atoms. The van der Waals surface area contributed by atoms with Gasteiger partial charge in [-0.2, -0.15) is 13.2 Å². The van der Waals surface area contributed by atoms with Crippen molar-refractivity contribution in [2.24, 2.45) is 0 Å². The van der Waals surface area contributed by atoms with E-state index in [9.17, 15) is 18.0 Å². The topological polar surface area (TPSA) is 38.3 Å². The standard InChI is InChI=1S/C10H16F3NO2/c1-2-16-9(10(11,12)13)5-3-8(4-6-9)14-7-15/h7-8H,2-6H2,1H3,(H,14,15). The van der Waals surface area contributed by atoms with Crippen LogP contribution < -0.4 is 5.32 Å². The number of carbonyl (C=O) groups is 1. The predicted octanol–water partition coefficient (Wildman–Crippen LogP) is 2.01. The van der Waals surface area contributed by atoms with Gasteiger partial charge in [0.1, 0.15) is 0 Å². The molecule has 6 heteroatoms. The first-order valence-electron chi connectivity index (χ1n) is 5.35. The van der Waals surface area contributed by atoms with Crippen molar-refractivity contribution in [3.05, 3.63) is 0 Å². The van der Waals surface area contributed by atoms with E-state index in [1.165, 1.54) is 0 Å². The molecule has 1 aliphatic carbocycles. The first kappa shape index (κ1) is 13.3. The fraction of sp³-hybridized carbons (Fsp3) is 0.900. The van der Waals surface area contributed by atoms with Gasteiger partial charge < -0.3 is 10.1 Å². The summed E-state index contributed by atoms with van der Waals surface area (Å²) >= 11 is 0. The molecule has 0 radical (unpaired) electrons. The van der Waals surface area contributed by atoms with Gasteiger partial charge in [-0.3, -0.25) is 4.79 Å². The van der Waals surface area contributed by atoms with Gasteiger partial charge in [-0.15, -0.1) is 0 Å². The number of rotatable bonds is 4. The number of ether oxygens (including phenoxy) is 1. The summed E-state index contributed by atoms with van der Waals surface area (Å²) in [4.78, 5) is 10.2. The highest BCUT2D eigenvalue weighted by Gasteiger charge is 2.56. The van der Waals surface area contributed by atoms with Crippen LogP contribution >= 0.6 is 0 Å². The first-order valence-corrected chi connectivity index (χ1v) is 5.35. The highest BCUT2D eigenvalue weighted by atomic mass is 19.4. The number of hydrogen-bond acceptors (Lipinski definition) is 2.